The highest BCUT2D eigenvalue weighted by atomic mass is 15.4. The number of aromatic amines is 1. The van der Waals surface area contributed by atoms with Crippen LogP contribution in [0.25, 0.3) is 10.9 Å². The van der Waals surface area contributed by atoms with Crippen LogP contribution in [0, 0.1) is 0 Å². The molecule has 21 heavy (non-hydrogen) atoms. The molecule has 0 saturated heterocycles. The summed E-state index contributed by atoms with van der Waals surface area (Å²) >= 11 is 0. The van der Waals surface area contributed by atoms with Crippen molar-refractivity contribution in [3.05, 3.63) is 59.6 Å². The molecule has 5 nitrogen and oxygen atoms in total. The number of nitrogens with one attached hydrogen (secondary N) is 1. The Morgan fingerprint density at radius 2 is 2.19 bits per heavy atom. The normalized spacial score (nSPS) is 11.1. The maximum Gasteiger partial charge on any atom is 0.0998 e. The first-order valence-corrected chi connectivity index (χ1v) is 6.99. The number of rotatable bonds is 5. The summed E-state index contributed by atoms with van der Waals surface area (Å²) in [5, 5.41) is 9.61. The third-order valence-electron chi connectivity index (χ3n) is 3.56. The van der Waals surface area contributed by atoms with Crippen molar-refractivity contribution in [3.8, 4) is 0 Å². The lowest BCUT2D eigenvalue weighted by molar-refractivity contribution is 0.619. The van der Waals surface area contributed by atoms with Crippen molar-refractivity contribution in [2.75, 3.05) is 0 Å². The number of benzene rings is 1. The molecule has 0 aliphatic carbocycles. The Hall–Kier alpha value is -2.40. The minimum absolute atomic E-state index is 0.397. The second-order valence-electron chi connectivity index (χ2n) is 5.34. The summed E-state index contributed by atoms with van der Waals surface area (Å²) in [7, 11) is 0. The van der Waals surface area contributed by atoms with Crippen LogP contribution in [0.4, 0.5) is 0 Å². The van der Waals surface area contributed by atoms with Gasteiger partial charge in [-0.15, -0.1) is 5.10 Å². The summed E-state index contributed by atoms with van der Waals surface area (Å²) in [4.78, 5) is 3.30. The van der Waals surface area contributed by atoms with E-state index >= 15 is 0 Å². The van der Waals surface area contributed by atoms with E-state index in [1.807, 2.05) is 29.9 Å². The van der Waals surface area contributed by atoms with E-state index in [9.17, 15) is 0 Å². The van der Waals surface area contributed by atoms with Gasteiger partial charge >= 0.3 is 0 Å². The van der Waals surface area contributed by atoms with Crippen LogP contribution in [-0.2, 0) is 19.5 Å². The minimum Gasteiger partial charge on any atom is -0.361 e. The summed E-state index contributed by atoms with van der Waals surface area (Å²) < 4.78 is 1.90. The zero-order valence-corrected chi connectivity index (χ0v) is 12.1. The largest absolute Gasteiger partial charge is 0.361 e. The summed E-state index contributed by atoms with van der Waals surface area (Å²) in [6.07, 6.45) is 2.81. The van der Waals surface area contributed by atoms with E-state index in [2.05, 4.69) is 34.0 Å². The Balaban J connectivity index is 2.00. The van der Waals surface area contributed by atoms with E-state index in [1.165, 1.54) is 10.9 Å². The lowest BCUT2D eigenvalue weighted by Gasteiger charge is -2.07. The summed E-state index contributed by atoms with van der Waals surface area (Å²) in [6.45, 7) is 7.00. The predicted molar refractivity (Wildman–Crippen MR) is 83.8 cm³/mol. The molecular weight excluding hydrogens is 262 g/mol. The molecule has 0 radical (unpaired) electrons. The van der Waals surface area contributed by atoms with E-state index in [0.717, 1.165) is 28.9 Å². The van der Waals surface area contributed by atoms with Gasteiger partial charge in [-0.25, -0.2) is 4.68 Å². The van der Waals surface area contributed by atoms with Crippen molar-refractivity contribution in [2.45, 2.75) is 26.4 Å². The molecule has 0 atom stereocenters. The number of allylic oxidation sites excluding steroid dienone is 1. The molecule has 0 unspecified atom stereocenters. The van der Waals surface area contributed by atoms with Gasteiger partial charge in [0.1, 0.15) is 0 Å². The molecule has 5 heteroatoms. The maximum absolute atomic E-state index is 5.79. The summed E-state index contributed by atoms with van der Waals surface area (Å²) in [5.41, 5.74) is 11.1. The quantitative estimate of drug-likeness (QED) is 0.705. The first-order valence-electron chi connectivity index (χ1n) is 6.99. The van der Waals surface area contributed by atoms with Crippen LogP contribution in [0.3, 0.4) is 0 Å². The average Bonchev–Trinajstić information content (AvgIpc) is 3.04. The molecule has 0 amide bonds. The fraction of sp³-hybridized carbons (Fsp3) is 0.250. The molecular formula is C16H19N5. The van der Waals surface area contributed by atoms with Crippen molar-refractivity contribution < 1.29 is 0 Å². The van der Waals surface area contributed by atoms with E-state index in [-0.39, 0.29) is 0 Å². The molecule has 108 valence electrons. The van der Waals surface area contributed by atoms with Gasteiger partial charge in [-0.1, -0.05) is 35.6 Å². The highest BCUT2D eigenvalue weighted by Gasteiger charge is 2.14. The van der Waals surface area contributed by atoms with E-state index < -0.39 is 0 Å². The zero-order valence-electron chi connectivity index (χ0n) is 12.1. The van der Waals surface area contributed by atoms with Gasteiger partial charge in [0.2, 0.25) is 0 Å². The van der Waals surface area contributed by atoms with Gasteiger partial charge in [-0.2, -0.15) is 0 Å². The molecule has 3 rings (SSSR count). The van der Waals surface area contributed by atoms with Gasteiger partial charge in [-0.3, -0.25) is 0 Å². The smallest absolute Gasteiger partial charge is 0.0998 e. The van der Waals surface area contributed by atoms with Crippen molar-refractivity contribution in [3.63, 3.8) is 0 Å². The van der Waals surface area contributed by atoms with Crippen LogP contribution >= 0.6 is 0 Å². The molecule has 0 saturated carbocycles. The van der Waals surface area contributed by atoms with Gasteiger partial charge < -0.3 is 10.7 Å². The molecule has 0 spiro atoms. The number of hydrogen-bond acceptors (Lipinski definition) is 3. The first-order chi connectivity index (χ1) is 10.2. The Kier molecular flexibility index (Phi) is 3.58. The summed E-state index contributed by atoms with van der Waals surface area (Å²) in [6, 6.07) is 8.27. The number of nitrogens with two attached hydrogens (primary N) is 1. The lowest BCUT2D eigenvalue weighted by Crippen LogP contribution is -2.09. The highest BCUT2D eigenvalue weighted by molar-refractivity contribution is 5.83. The van der Waals surface area contributed by atoms with Crippen molar-refractivity contribution in [2.24, 2.45) is 5.73 Å². The van der Waals surface area contributed by atoms with Gasteiger partial charge in [-0.05, 0) is 18.6 Å². The predicted octanol–water partition coefficient (Wildman–Crippen LogP) is 2.39. The van der Waals surface area contributed by atoms with Crippen LogP contribution < -0.4 is 5.73 Å². The fourth-order valence-electron chi connectivity index (χ4n) is 2.56. The molecule has 2 heterocycles. The standard InChI is InChI=1S/C16H19N5/c1-11(2)10-21-16(15(8-17)19-20-21)7-12-9-18-14-6-4-3-5-13(12)14/h3-6,9,18H,1,7-8,10,17H2,2H3. The van der Waals surface area contributed by atoms with Gasteiger partial charge in [0, 0.05) is 30.1 Å². The van der Waals surface area contributed by atoms with Crippen LogP contribution in [0.5, 0.6) is 0 Å². The number of hydrogen-bond donors (Lipinski definition) is 2. The van der Waals surface area contributed by atoms with Gasteiger partial charge in [0.15, 0.2) is 0 Å². The Labute approximate surface area is 123 Å². The number of aromatic nitrogens is 4. The third kappa shape index (κ3) is 2.60. The zero-order chi connectivity index (χ0) is 14.8. The number of nitrogens with zero attached hydrogens (tertiary/aromatic N) is 3. The Morgan fingerprint density at radius 1 is 1.38 bits per heavy atom. The topological polar surface area (TPSA) is 72.5 Å². The molecule has 0 aliphatic heterocycles. The summed E-state index contributed by atoms with van der Waals surface area (Å²) in [5.74, 6) is 0. The fourth-order valence-corrected chi connectivity index (χ4v) is 2.56. The van der Waals surface area contributed by atoms with Crippen LogP contribution in [0.2, 0.25) is 0 Å². The molecule has 0 fully saturated rings. The van der Waals surface area contributed by atoms with Crippen molar-refractivity contribution >= 4 is 10.9 Å². The van der Waals surface area contributed by atoms with Crippen LogP contribution in [0.15, 0.2) is 42.6 Å². The second-order valence-corrected chi connectivity index (χ2v) is 5.34. The van der Waals surface area contributed by atoms with Crippen LogP contribution in [0.1, 0.15) is 23.9 Å². The number of H-pyrrole nitrogens is 1. The molecule has 3 N–H and O–H groups in total. The van der Waals surface area contributed by atoms with E-state index in [0.29, 0.717) is 13.1 Å². The van der Waals surface area contributed by atoms with Crippen molar-refractivity contribution in [1.82, 2.24) is 20.0 Å². The van der Waals surface area contributed by atoms with Crippen LogP contribution in [-0.4, -0.2) is 20.0 Å². The molecule has 2 aromatic heterocycles. The number of fused-ring (bicyclic) bond motifs is 1. The Bertz CT molecular complexity index is 781. The highest BCUT2D eigenvalue weighted by Crippen LogP contribution is 2.22. The van der Waals surface area contributed by atoms with Gasteiger partial charge in [0.25, 0.3) is 0 Å². The van der Waals surface area contributed by atoms with Crippen molar-refractivity contribution in [1.29, 1.82) is 0 Å². The van der Waals surface area contributed by atoms with E-state index in [1.54, 1.807) is 0 Å². The minimum atomic E-state index is 0.397. The van der Waals surface area contributed by atoms with Gasteiger partial charge in [0.05, 0.1) is 17.9 Å². The molecule has 1 aromatic carbocycles. The third-order valence-corrected chi connectivity index (χ3v) is 3.56. The molecule has 0 aliphatic rings. The second kappa shape index (κ2) is 5.54. The molecule has 3 aromatic rings. The monoisotopic (exact) mass is 281 g/mol. The lowest BCUT2D eigenvalue weighted by atomic mass is 10.1. The number of para-hydroxylation sites is 1. The Morgan fingerprint density at radius 3 is 2.95 bits per heavy atom. The average molecular weight is 281 g/mol. The maximum atomic E-state index is 5.79. The van der Waals surface area contributed by atoms with E-state index in [4.69, 9.17) is 5.73 Å². The molecule has 0 bridgehead atoms. The SMILES string of the molecule is C=C(C)Cn1nnc(CN)c1Cc1c[nH]c2ccccc12. The first kappa shape index (κ1) is 13.6.